The number of nitrogen functional groups attached to an aromatic ring is 1. The molecule has 0 unspecified atom stereocenters. The Kier molecular flexibility index (Phi) is 4.23. The Morgan fingerprint density at radius 1 is 1.15 bits per heavy atom. The summed E-state index contributed by atoms with van der Waals surface area (Å²) in [5.74, 6) is 0.422. The predicted molar refractivity (Wildman–Crippen MR) is 96.4 cm³/mol. The van der Waals surface area contributed by atoms with Gasteiger partial charge in [-0.2, -0.15) is 4.31 Å². The van der Waals surface area contributed by atoms with Crippen molar-refractivity contribution in [3.05, 3.63) is 29.7 Å². The molecule has 0 atom stereocenters. The maximum Gasteiger partial charge on any atom is 0.291 e. The van der Waals surface area contributed by atoms with Crippen LogP contribution in [-0.2, 0) is 10.0 Å². The Labute approximate surface area is 156 Å². The fourth-order valence-corrected chi connectivity index (χ4v) is 4.83. The molecule has 2 aliphatic rings. The molecule has 0 saturated carbocycles. The molecule has 1 saturated heterocycles. The molecule has 10 heteroatoms. The van der Waals surface area contributed by atoms with Gasteiger partial charge in [0.2, 0.25) is 16.8 Å². The lowest BCUT2D eigenvalue weighted by Gasteiger charge is -2.14. The van der Waals surface area contributed by atoms with Gasteiger partial charge in [-0.3, -0.25) is 4.79 Å². The number of ether oxygens (including phenoxy) is 2. The number of nitrogens with two attached hydrogens (primary N) is 1. The van der Waals surface area contributed by atoms with E-state index in [1.165, 1.54) is 17.3 Å². The molecule has 0 aliphatic carbocycles. The minimum Gasteiger partial charge on any atom is -0.455 e. The molecule has 4 rings (SSSR count). The summed E-state index contributed by atoms with van der Waals surface area (Å²) < 4.78 is 42.7. The summed E-state index contributed by atoms with van der Waals surface area (Å²) in [6.45, 7) is 2.56. The Bertz CT molecular complexity index is 1010. The van der Waals surface area contributed by atoms with Gasteiger partial charge in [-0.25, -0.2) is 8.42 Å². The third-order valence-electron chi connectivity index (χ3n) is 4.57. The third-order valence-corrected chi connectivity index (χ3v) is 6.58. The van der Waals surface area contributed by atoms with E-state index in [9.17, 15) is 13.2 Å². The molecule has 1 aromatic carbocycles. The van der Waals surface area contributed by atoms with E-state index in [4.69, 9.17) is 19.6 Å². The maximum atomic E-state index is 12.7. The van der Waals surface area contributed by atoms with Gasteiger partial charge in [0, 0.05) is 31.3 Å². The van der Waals surface area contributed by atoms with Crippen LogP contribution in [-0.4, -0.2) is 38.5 Å². The number of aryl methyl sites for hydroxylation is 1. The van der Waals surface area contributed by atoms with E-state index in [1.54, 1.807) is 12.1 Å². The van der Waals surface area contributed by atoms with E-state index in [2.05, 4.69) is 5.32 Å². The number of benzene rings is 1. The van der Waals surface area contributed by atoms with E-state index in [0.29, 0.717) is 36.0 Å². The molecular formula is C17H19N3O6S. The highest BCUT2D eigenvalue weighted by molar-refractivity contribution is 7.89. The number of carbonyl (C=O) groups excluding carboxylic acids is 1. The molecular weight excluding hydrogens is 374 g/mol. The highest BCUT2D eigenvalue weighted by Crippen LogP contribution is 2.38. The molecule has 2 aromatic rings. The second kappa shape index (κ2) is 6.46. The topological polar surface area (TPSA) is 124 Å². The van der Waals surface area contributed by atoms with Gasteiger partial charge in [-0.1, -0.05) is 0 Å². The van der Waals surface area contributed by atoms with Gasteiger partial charge in [-0.15, -0.1) is 0 Å². The number of anilines is 2. The van der Waals surface area contributed by atoms with E-state index in [0.717, 1.165) is 12.8 Å². The van der Waals surface area contributed by atoms with Gasteiger partial charge in [0.05, 0.1) is 11.4 Å². The number of furan rings is 1. The van der Waals surface area contributed by atoms with E-state index in [-0.39, 0.29) is 23.2 Å². The van der Waals surface area contributed by atoms with Gasteiger partial charge in [0.15, 0.2) is 17.3 Å². The number of nitrogens with one attached hydrogen (secondary N) is 1. The lowest BCUT2D eigenvalue weighted by atomic mass is 10.2. The van der Waals surface area contributed by atoms with Crippen LogP contribution in [0.4, 0.5) is 11.4 Å². The molecule has 1 fully saturated rings. The zero-order chi connectivity index (χ0) is 19.2. The minimum absolute atomic E-state index is 0.00760. The summed E-state index contributed by atoms with van der Waals surface area (Å²) in [6, 6.07) is 4.35. The van der Waals surface area contributed by atoms with Crippen LogP contribution in [0.25, 0.3) is 0 Å². The first-order valence-corrected chi connectivity index (χ1v) is 9.91. The van der Waals surface area contributed by atoms with Crippen LogP contribution < -0.4 is 20.5 Å². The summed E-state index contributed by atoms with van der Waals surface area (Å²) in [5.41, 5.74) is 6.54. The van der Waals surface area contributed by atoms with Gasteiger partial charge in [0.25, 0.3) is 5.91 Å². The number of rotatable bonds is 4. The van der Waals surface area contributed by atoms with Crippen molar-refractivity contribution < 1.29 is 27.1 Å². The smallest absolute Gasteiger partial charge is 0.291 e. The standard InChI is InChI=1S/C17H19N3O6S/c1-10-16(27(22,23)20-4-2-3-5-20)8-15(26-10)17(21)19-12-7-14-13(6-11(12)18)24-9-25-14/h6-8H,2-5,9,18H2,1H3,(H,19,21). The molecule has 0 bridgehead atoms. The first-order valence-electron chi connectivity index (χ1n) is 8.47. The molecule has 2 aliphatic heterocycles. The predicted octanol–water partition coefficient (Wildman–Crippen LogP) is 1.94. The Balaban J connectivity index is 1.59. The quantitative estimate of drug-likeness (QED) is 0.761. The molecule has 1 aromatic heterocycles. The van der Waals surface area contributed by atoms with Gasteiger partial charge >= 0.3 is 0 Å². The lowest BCUT2D eigenvalue weighted by molar-refractivity contribution is 0.0995. The number of nitrogens with zero attached hydrogens (tertiary/aromatic N) is 1. The van der Waals surface area contributed by atoms with E-state index < -0.39 is 15.9 Å². The number of amides is 1. The summed E-state index contributed by atoms with van der Waals surface area (Å²) >= 11 is 0. The van der Waals surface area contributed by atoms with Crippen molar-refractivity contribution in [2.45, 2.75) is 24.7 Å². The SMILES string of the molecule is Cc1oc(C(=O)Nc2cc3c(cc2N)OCO3)cc1S(=O)(=O)N1CCCC1. The number of fused-ring (bicyclic) bond motifs is 1. The van der Waals surface area contributed by atoms with Crippen LogP contribution in [0.15, 0.2) is 27.5 Å². The van der Waals surface area contributed by atoms with Gasteiger partial charge in [0.1, 0.15) is 10.7 Å². The number of sulfonamides is 1. The van der Waals surface area contributed by atoms with Crippen LogP contribution >= 0.6 is 0 Å². The lowest BCUT2D eigenvalue weighted by Crippen LogP contribution is -2.28. The molecule has 144 valence electrons. The van der Waals surface area contributed by atoms with Gasteiger partial charge < -0.3 is 24.9 Å². The average Bonchev–Trinajstić information content (AvgIpc) is 3.34. The van der Waals surface area contributed by atoms with E-state index >= 15 is 0 Å². The second-order valence-electron chi connectivity index (χ2n) is 6.39. The van der Waals surface area contributed by atoms with Crippen molar-refractivity contribution in [3.63, 3.8) is 0 Å². The Morgan fingerprint density at radius 3 is 2.52 bits per heavy atom. The van der Waals surface area contributed by atoms with Crippen molar-refractivity contribution >= 4 is 27.3 Å². The van der Waals surface area contributed by atoms with Crippen LogP contribution in [0.2, 0.25) is 0 Å². The normalized spacial score (nSPS) is 16.6. The molecule has 0 radical (unpaired) electrons. The summed E-state index contributed by atoms with van der Waals surface area (Å²) in [5, 5.41) is 2.62. The van der Waals surface area contributed by atoms with Crippen LogP contribution in [0.5, 0.6) is 11.5 Å². The van der Waals surface area contributed by atoms with Crippen LogP contribution in [0.3, 0.4) is 0 Å². The van der Waals surface area contributed by atoms with Crippen molar-refractivity contribution in [1.29, 1.82) is 0 Å². The molecule has 9 nitrogen and oxygen atoms in total. The Morgan fingerprint density at radius 2 is 1.81 bits per heavy atom. The van der Waals surface area contributed by atoms with Crippen LogP contribution in [0, 0.1) is 6.92 Å². The Hall–Kier alpha value is -2.72. The molecule has 1 amide bonds. The molecule has 3 N–H and O–H groups in total. The summed E-state index contributed by atoms with van der Waals surface area (Å²) in [6.07, 6.45) is 1.65. The summed E-state index contributed by atoms with van der Waals surface area (Å²) in [7, 11) is -3.67. The number of hydrogen-bond acceptors (Lipinski definition) is 7. The number of hydrogen-bond donors (Lipinski definition) is 2. The average molecular weight is 393 g/mol. The fourth-order valence-electron chi connectivity index (χ4n) is 3.15. The van der Waals surface area contributed by atoms with Crippen molar-refractivity contribution in [1.82, 2.24) is 4.31 Å². The number of carbonyl (C=O) groups is 1. The largest absolute Gasteiger partial charge is 0.455 e. The zero-order valence-electron chi connectivity index (χ0n) is 14.6. The monoisotopic (exact) mass is 393 g/mol. The minimum atomic E-state index is -3.67. The first kappa shape index (κ1) is 17.7. The third kappa shape index (κ3) is 3.10. The highest BCUT2D eigenvalue weighted by Gasteiger charge is 2.32. The fraction of sp³-hybridized carbons (Fsp3) is 0.353. The molecule has 0 spiro atoms. The van der Waals surface area contributed by atoms with Crippen molar-refractivity contribution in [2.75, 3.05) is 30.9 Å². The van der Waals surface area contributed by atoms with Crippen LogP contribution in [0.1, 0.15) is 29.2 Å². The molecule has 3 heterocycles. The van der Waals surface area contributed by atoms with E-state index in [1.807, 2.05) is 0 Å². The first-order chi connectivity index (χ1) is 12.9. The molecule has 27 heavy (non-hydrogen) atoms. The van der Waals surface area contributed by atoms with Gasteiger partial charge in [-0.05, 0) is 19.8 Å². The maximum absolute atomic E-state index is 12.7. The van der Waals surface area contributed by atoms with Crippen molar-refractivity contribution in [2.24, 2.45) is 0 Å². The second-order valence-corrected chi connectivity index (χ2v) is 8.30. The van der Waals surface area contributed by atoms with Crippen molar-refractivity contribution in [3.8, 4) is 11.5 Å². The highest BCUT2D eigenvalue weighted by atomic mass is 32.2. The summed E-state index contributed by atoms with van der Waals surface area (Å²) in [4.78, 5) is 12.5. The zero-order valence-corrected chi connectivity index (χ0v) is 15.5.